The summed E-state index contributed by atoms with van der Waals surface area (Å²) in [6.45, 7) is 7.66. The third-order valence-electron chi connectivity index (χ3n) is 5.29. The van der Waals surface area contributed by atoms with Crippen molar-refractivity contribution in [2.75, 3.05) is 6.54 Å². The van der Waals surface area contributed by atoms with E-state index in [1.807, 2.05) is 32.9 Å². The summed E-state index contributed by atoms with van der Waals surface area (Å²) in [6, 6.07) is 6.05. The van der Waals surface area contributed by atoms with Gasteiger partial charge in [0, 0.05) is 17.4 Å². The molecule has 2 N–H and O–H groups in total. The Bertz CT molecular complexity index is 628. The second-order valence-corrected chi connectivity index (χ2v) is 8.51. The number of amides is 2. The Kier molecular flexibility index (Phi) is 6.43. The molecule has 0 saturated heterocycles. The maximum absolute atomic E-state index is 13.3. The molecule has 0 aromatic heterocycles. The summed E-state index contributed by atoms with van der Waals surface area (Å²) in [5, 5.41) is 5.78. The van der Waals surface area contributed by atoms with E-state index in [0.717, 1.165) is 31.2 Å². The van der Waals surface area contributed by atoms with Crippen LogP contribution in [0.4, 0.5) is 4.39 Å². The van der Waals surface area contributed by atoms with Crippen molar-refractivity contribution in [1.82, 2.24) is 10.6 Å². The quantitative estimate of drug-likeness (QED) is 0.839. The zero-order valence-electron chi connectivity index (χ0n) is 16.3. The highest BCUT2D eigenvalue weighted by Crippen LogP contribution is 2.39. The van der Waals surface area contributed by atoms with E-state index in [0.29, 0.717) is 6.54 Å². The summed E-state index contributed by atoms with van der Waals surface area (Å²) in [6.07, 6.45) is 5.34. The monoisotopic (exact) mass is 362 g/mol. The number of halogens is 1. The fourth-order valence-electron chi connectivity index (χ4n) is 3.49. The highest BCUT2D eigenvalue weighted by molar-refractivity contribution is 5.89. The minimum Gasteiger partial charge on any atom is -0.353 e. The molecule has 2 rings (SSSR count). The molecule has 1 unspecified atom stereocenters. The first kappa shape index (κ1) is 20.4. The number of rotatable bonds is 5. The van der Waals surface area contributed by atoms with Crippen molar-refractivity contribution >= 4 is 11.8 Å². The Morgan fingerprint density at radius 3 is 2.23 bits per heavy atom. The lowest BCUT2D eigenvalue weighted by Gasteiger charge is -2.38. The van der Waals surface area contributed by atoms with Gasteiger partial charge >= 0.3 is 0 Å². The van der Waals surface area contributed by atoms with Crippen molar-refractivity contribution in [3.05, 3.63) is 35.6 Å². The van der Waals surface area contributed by atoms with E-state index in [2.05, 4.69) is 10.6 Å². The molecule has 0 spiro atoms. The van der Waals surface area contributed by atoms with Crippen molar-refractivity contribution in [2.45, 2.75) is 71.3 Å². The fraction of sp³-hybridized carbons (Fsp3) is 0.619. The van der Waals surface area contributed by atoms with Gasteiger partial charge in [0.05, 0.1) is 0 Å². The largest absolute Gasteiger partial charge is 0.353 e. The molecule has 1 saturated carbocycles. The maximum atomic E-state index is 13.3. The van der Waals surface area contributed by atoms with Gasteiger partial charge in [0.25, 0.3) is 0 Å². The van der Waals surface area contributed by atoms with E-state index in [1.165, 1.54) is 18.6 Å². The van der Waals surface area contributed by atoms with Crippen molar-refractivity contribution in [3.63, 3.8) is 0 Å². The molecular weight excluding hydrogens is 331 g/mol. The first-order chi connectivity index (χ1) is 12.1. The predicted molar refractivity (Wildman–Crippen MR) is 101 cm³/mol. The van der Waals surface area contributed by atoms with Crippen molar-refractivity contribution < 1.29 is 14.0 Å². The van der Waals surface area contributed by atoms with Crippen LogP contribution in [0.3, 0.4) is 0 Å². The number of hydrogen-bond donors (Lipinski definition) is 2. The summed E-state index contributed by atoms with van der Waals surface area (Å²) >= 11 is 0. The first-order valence-electron chi connectivity index (χ1n) is 9.49. The van der Waals surface area contributed by atoms with Crippen molar-refractivity contribution in [2.24, 2.45) is 5.41 Å². The molecule has 26 heavy (non-hydrogen) atoms. The molecule has 1 aromatic rings. The minimum absolute atomic E-state index is 0.147. The highest BCUT2D eigenvalue weighted by atomic mass is 19.1. The Morgan fingerprint density at radius 2 is 1.69 bits per heavy atom. The van der Waals surface area contributed by atoms with Crippen LogP contribution >= 0.6 is 0 Å². The lowest BCUT2D eigenvalue weighted by molar-refractivity contribution is -0.133. The van der Waals surface area contributed by atoms with E-state index in [4.69, 9.17) is 0 Å². The van der Waals surface area contributed by atoms with Crippen LogP contribution in [0.1, 0.15) is 65.4 Å². The molecule has 1 aliphatic carbocycles. The molecule has 0 aliphatic heterocycles. The Morgan fingerprint density at radius 1 is 1.12 bits per heavy atom. The normalized spacial score (nSPS) is 18.0. The third-order valence-corrected chi connectivity index (χ3v) is 5.29. The van der Waals surface area contributed by atoms with E-state index in [1.54, 1.807) is 6.92 Å². The standard InChI is InChI=1S/C21H31FN2O2/c1-15(24-19(26)20(2,3)4)18(25)23-14-21(12-6-5-7-13-21)16-8-10-17(22)11-9-16/h8-11,15H,5-7,12-14H2,1-4H3,(H,23,25)(H,24,26). The summed E-state index contributed by atoms with van der Waals surface area (Å²) in [7, 11) is 0. The van der Waals surface area contributed by atoms with Gasteiger partial charge in [-0.25, -0.2) is 4.39 Å². The van der Waals surface area contributed by atoms with E-state index >= 15 is 0 Å². The summed E-state index contributed by atoms with van der Waals surface area (Å²) < 4.78 is 13.3. The van der Waals surface area contributed by atoms with E-state index in [-0.39, 0.29) is 23.0 Å². The SMILES string of the molecule is CC(NC(=O)C(C)(C)C)C(=O)NCC1(c2ccc(F)cc2)CCCCC1. The van der Waals surface area contributed by atoms with Crippen molar-refractivity contribution in [3.8, 4) is 0 Å². The molecule has 0 bridgehead atoms. The Labute approximate surface area is 155 Å². The Balaban J connectivity index is 2.04. The van der Waals surface area contributed by atoms with Crippen LogP contribution in [-0.2, 0) is 15.0 Å². The maximum Gasteiger partial charge on any atom is 0.242 e. The highest BCUT2D eigenvalue weighted by Gasteiger charge is 2.35. The summed E-state index contributed by atoms with van der Waals surface area (Å²) in [4.78, 5) is 24.6. The summed E-state index contributed by atoms with van der Waals surface area (Å²) in [5.74, 6) is -0.581. The van der Waals surface area contributed by atoms with Crippen LogP contribution in [0, 0.1) is 11.2 Å². The molecule has 5 heteroatoms. The van der Waals surface area contributed by atoms with E-state index in [9.17, 15) is 14.0 Å². The lowest BCUT2D eigenvalue weighted by atomic mass is 9.69. The number of benzene rings is 1. The molecule has 0 radical (unpaired) electrons. The van der Waals surface area contributed by atoms with Crippen LogP contribution in [0.25, 0.3) is 0 Å². The van der Waals surface area contributed by atoms with Crippen LogP contribution in [-0.4, -0.2) is 24.4 Å². The average Bonchev–Trinajstić information content (AvgIpc) is 2.60. The van der Waals surface area contributed by atoms with Crippen LogP contribution in [0.5, 0.6) is 0 Å². The van der Waals surface area contributed by atoms with Crippen LogP contribution < -0.4 is 10.6 Å². The molecule has 1 fully saturated rings. The average molecular weight is 362 g/mol. The second-order valence-electron chi connectivity index (χ2n) is 8.51. The van der Waals surface area contributed by atoms with Gasteiger partial charge in [-0.05, 0) is 37.5 Å². The van der Waals surface area contributed by atoms with Gasteiger partial charge in [-0.3, -0.25) is 9.59 Å². The van der Waals surface area contributed by atoms with Gasteiger partial charge in [-0.2, -0.15) is 0 Å². The van der Waals surface area contributed by atoms with Gasteiger partial charge in [0.15, 0.2) is 0 Å². The van der Waals surface area contributed by atoms with Gasteiger partial charge in [0.2, 0.25) is 11.8 Å². The predicted octanol–water partition coefficient (Wildman–Crippen LogP) is 3.69. The molecule has 1 atom stereocenters. The zero-order chi connectivity index (χ0) is 19.4. The smallest absolute Gasteiger partial charge is 0.242 e. The third kappa shape index (κ3) is 5.05. The molecule has 2 amide bonds. The van der Waals surface area contributed by atoms with Crippen LogP contribution in [0.15, 0.2) is 24.3 Å². The van der Waals surface area contributed by atoms with Gasteiger partial charge in [-0.1, -0.05) is 52.2 Å². The molecular formula is C21H31FN2O2. The molecule has 4 nitrogen and oxygen atoms in total. The van der Waals surface area contributed by atoms with E-state index < -0.39 is 11.5 Å². The molecule has 1 aromatic carbocycles. The Hall–Kier alpha value is -1.91. The van der Waals surface area contributed by atoms with Gasteiger partial charge in [-0.15, -0.1) is 0 Å². The number of carbonyl (C=O) groups excluding carboxylic acids is 2. The lowest BCUT2D eigenvalue weighted by Crippen LogP contribution is -2.51. The molecule has 0 heterocycles. The fourth-order valence-corrected chi connectivity index (χ4v) is 3.49. The molecule has 144 valence electrons. The van der Waals surface area contributed by atoms with Gasteiger partial charge < -0.3 is 10.6 Å². The number of hydrogen-bond acceptors (Lipinski definition) is 2. The second kappa shape index (κ2) is 8.19. The molecule has 1 aliphatic rings. The number of nitrogens with one attached hydrogen (secondary N) is 2. The topological polar surface area (TPSA) is 58.2 Å². The minimum atomic E-state index is -0.587. The number of carbonyl (C=O) groups is 2. The van der Waals surface area contributed by atoms with Gasteiger partial charge in [0.1, 0.15) is 11.9 Å². The first-order valence-corrected chi connectivity index (χ1v) is 9.49. The van der Waals surface area contributed by atoms with Crippen LogP contribution in [0.2, 0.25) is 0 Å². The van der Waals surface area contributed by atoms with Crippen molar-refractivity contribution in [1.29, 1.82) is 0 Å². The summed E-state index contributed by atoms with van der Waals surface area (Å²) in [5.41, 5.74) is 0.382. The zero-order valence-corrected chi connectivity index (χ0v) is 16.3.